The Morgan fingerprint density at radius 1 is 0.905 bits per heavy atom. The topological polar surface area (TPSA) is 0 Å². The predicted molar refractivity (Wildman–Crippen MR) is 80.5 cm³/mol. The molecule has 0 amide bonds. The summed E-state index contributed by atoms with van der Waals surface area (Å²) in [4.78, 5) is 0. The number of alkyl halides is 3. The van der Waals surface area contributed by atoms with Gasteiger partial charge < -0.3 is 0 Å². The van der Waals surface area contributed by atoms with Crippen LogP contribution in [0.4, 0.5) is 13.2 Å². The minimum Gasteiger partial charge on any atom is -0.166 e. The van der Waals surface area contributed by atoms with E-state index in [1.54, 1.807) is 12.1 Å². The number of rotatable bonds is 1. The molecule has 104 valence electrons. The van der Waals surface area contributed by atoms with Gasteiger partial charge in [-0.2, -0.15) is 13.2 Å². The highest BCUT2D eigenvalue weighted by atomic mass is 79.9. The van der Waals surface area contributed by atoms with Crippen LogP contribution in [-0.2, 0) is 6.18 Å². The van der Waals surface area contributed by atoms with E-state index < -0.39 is 11.7 Å². The van der Waals surface area contributed by atoms with Gasteiger partial charge in [-0.05, 0) is 51.3 Å². The molecule has 0 radical (unpaired) electrons. The first-order valence-corrected chi connectivity index (χ1v) is 6.60. The van der Waals surface area contributed by atoms with Gasteiger partial charge >= 0.3 is 6.18 Å². The third-order valence-electron chi connectivity index (χ3n) is 2.94. The van der Waals surface area contributed by atoms with Crippen LogP contribution >= 0.6 is 15.9 Å². The quantitative estimate of drug-likeness (QED) is 0.629. The van der Waals surface area contributed by atoms with E-state index in [4.69, 9.17) is 12.8 Å². The van der Waals surface area contributed by atoms with Crippen molar-refractivity contribution in [2.24, 2.45) is 0 Å². The van der Waals surface area contributed by atoms with Crippen LogP contribution in [0.15, 0.2) is 40.9 Å². The monoisotopic (exact) mass is 348 g/mol. The van der Waals surface area contributed by atoms with Crippen molar-refractivity contribution < 1.29 is 13.2 Å². The first-order valence-electron chi connectivity index (χ1n) is 5.81. The second-order valence-corrected chi connectivity index (χ2v) is 5.10. The Morgan fingerprint density at radius 3 is 1.95 bits per heavy atom. The molecule has 0 bridgehead atoms. The van der Waals surface area contributed by atoms with Crippen LogP contribution in [0.2, 0.25) is 0 Å². The molecule has 0 fully saturated rings. The number of halogens is 4. The molecule has 2 aromatic rings. The predicted octanol–water partition coefficient (Wildman–Crippen LogP) is 5.10. The van der Waals surface area contributed by atoms with Crippen LogP contribution in [0.1, 0.15) is 16.7 Å². The molecule has 21 heavy (non-hydrogen) atoms. The summed E-state index contributed by atoms with van der Waals surface area (Å²) in [5, 5.41) is 0. The normalized spacial score (nSPS) is 10.8. The second kappa shape index (κ2) is 5.68. The van der Waals surface area contributed by atoms with Crippen LogP contribution in [0.3, 0.4) is 0 Å². The standard InChI is InChI=1S/C17H8BrF3/c1-3-11-10-16(18)12(4-2)9-15(11)13-5-7-14(8-6-13)17(19,20)21/h1-2,5-10H. The lowest BCUT2D eigenvalue weighted by Crippen LogP contribution is -2.04. The summed E-state index contributed by atoms with van der Waals surface area (Å²) in [6, 6.07) is 8.17. The van der Waals surface area contributed by atoms with Gasteiger partial charge in [-0.3, -0.25) is 0 Å². The molecule has 0 N–H and O–H groups in total. The van der Waals surface area contributed by atoms with E-state index in [1.165, 1.54) is 12.1 Å². The van der Waals surface area contributed by atoms with Crippen molar-refractivity contribution >= 4 is 15.9 Å². The summed E-state index contributed by atoms with van der Waals surface area (Å²) < 4.78 is 38.4. The molecule has 0 aliphatic rings. The third kappa shape index (κ3) is 3.12. The molecule has 0 aromatic heterocycles. The first-order chi connectivity index (χ1) is 9.86. The Labute approximate surface area is 129 Å². The Bertz CT molecular complexity index is 757. The summed E-state index contributed by atoms with van der Waals surface area (Å²) in [6.45, 7) is 0. The highest BCUT2D eigenvalue weighted by Gasteiger charge is 2.30. The summed E-state index contributed by atoms with van der Waals surface area (Å²) in [7, 11) is 0. The van der Waals surface area contributed by atoms with Gasteiger partial charge in [0.05, 0.1) is 5.56 Å². The Balaban J connectivity index is 2.57. The molecule has 2 aromatic carbocycles. The summed E-state index contributed by atoms with van der Waals surface area (Å²) in [6.07, 6.45) is 6.47. The van der Waals surface area contributed by atoms with Crippen LogP contribution in [-0.4, -0.2) is 0 Å². The van der Waals surface area contributed by atoms with Gasteiger partial charge in [-0.1, -0.05) is 24.0 Å². The molecule has 0 heterocycles. The van der Waals surface area contributed by atoms with Crippen molar-refractivity contribution in [2.75, 3.05) is 0 Å². The number of benzene rings is 2. The van der Waals surface area contributed by atoms with Gasteiger partial charge in [-0.15, -0.1) is 12.8 Å². The molecule has 0 aliphatic carbocycles. The Hall–Kier alpha value is -2.17. The van der Waals surface area contributed by atoms with E-state index in [9.17, 15) is 13.2 Å². The van der Waals surface area contributed by atoms with Crippen molar-refractivity contribution in [1.82, 2.24) is 0 Å². The fraction of sp³-hybridized carbons (Fsp3) is 0.0588. The zero-order valence-corrected chi connectivity index (χ0v) is 12.2. The van der Waals surface area contributed by atoms with E-state index in [0.29, 0.717) is 26.7 Å². The number of hydrogen-bond donors (Lipinski definition) is 0. The molecule has 0 unspecified atom stereocenters. The van der Waals surface area contributed by atoms with Gasteiger partial charge in [0.2, 0.25) is 0 Å². The smallest absolute Gasteiger partial charge is 0.166 e. The molecule has 0 aliphatic heterocycles. The lowest BCUT2D eigenvalue weighted by Gasteiger charge is -2.10. The molecule has 0 nitrogen and oxygen atoms in total. The first kappa shape index (κ1) is 15.2. The highest BCUT2D eigenvalue weighted by Crippen LogP contribution is 2.33. The molecule has 0 atom stereocenters. The average molecular weight is 349 g/mol. The highest BCUT2D eigenvalue weighted by molar-refractivity contribution is 9.10. The second-order valence-electron chi connectivity index (χ2n) is 4.24. The Kier molecular flexibility index (Phi) is 4.11. The van der Waals surface area contributed by atoms with Crippen molar-refractivity contribution in [3.8, 4) is 35.8 Å². The van der Waals surface area contributed by atoms with Gasteiger partial charge in [0, 0.05) is 15.6 Å². The average Bonchev–Trinajstić information content (AvgIpc) is 2.46. The number of terminal acetylenes is 2. The lowest BCUT2D eigenvalue weighted by molar-refractivity contribution is -0.137. The SMILES string of the molecule is C#Cc1cc(-c2ccc(C(F)(F)F)cc2)c(C#C)cc1Br. The van der Waals surface area contributed by atoms with E-state index in [1.807, 2.05) is 0 Å². The maximum Gasteiger partial charge on any atom is 0.416 e. The molecular weight excluding hydrogens is 341 g/mol. The van der Waals surface area contributed by atoms with Gasteiger partial charge in [0.25, 0.3) is 0 Å². The van der Waals surface area contributed by atoms with Gasteiger partial charge in [0.1, 0.15) is 0 Å². The maximum atomic E-state index is 12.6. The summed E-state index contributed by atoms with van der Waals surface area (Å²) in [5.74, 6) is 5.01. The zero-order chi connectivity index (χ0) is 15.6. The fourth-order valence-electron chi connectivity index (χ4n) is 1.88. The van der Waals surface area contributed by atoms with Crippen molar-refractivity contribution in [3.63, 3.8) is 0 Å². The van der Waals surface area contributed by atoms with Gasteiger partial charge in [0.15, 0.2) is 0 Å². The van der Waals surface area contributed by atoms with Crippen LogP contribution < -0.4 is 0 Å². The van der Waals surface area contributed by atoms with Crippen molar-refractivity contribution in [1.29, 1.82) is 0 Å². The minimum atomic E-state index is -4.36. The van der Waals surface area contributed by atoms with E-state index in [2.05, 4.69) is 27.8 Å². The molecule has 4 heteroatoms. The van der Waals surface area contributed by atoms with Crippen molar-refractivity contribution in [2.45, 2.75) is 6.18 Å². The molecule has 0 saturated heterocycles. The number of hydrogen-bond acceptors (Lipinski definition) is 0. The largest absolute Gasteiger partial charge is 0.416 e. The fourth-order valence-corrected chi connectivity index (χ4v) is 2.34. The van der Waals surface area contributed by atoms with Crippen LogP contribution in [0, 0.1) is 24.7 Å². The third-order valence-corrected chi connectivity index (χ3v) is 3.60. The van der Waals surface area contributed by atoms with E-state index in [0.717, 1.165) is 12.1 Å². The lowest BCUT2D eigenvalue weighted by atomic mass is 9.97. The van der Waals surface area contributed by atoms with E-state index >= 15 is 0 Å². The molecule has 0 saturated carbocycles. The van der Waals surface area contributed by atoms with Gasteiger partial charge in [-0.25, -0.2) is 0 Å². The summed E-state index contributed by atoms with van der Waals surface area (Å²) in [5.41, 5.74) is 1.65. The molecular formula is C17H8BrF3. The van der Waals surface area contributed by atoms with Crippen LogP contribution in [0.5, 0.6) is 0 Å². The van der Waals surface area contributed by atoms with E-state index in [-0.39, 0.29) is 0 Å². The molecule has 2 rings (SSSR count). The maximum absolute atomic E-state index is 12.6. The minimum absolute atomic E-state index is 0.556. The Morgan fingerprint density at radius 2 is 1.48 bits per heavy atom. The zero-order valence-electron chi connectivity index (χ0n) is 10.6. The van der Waals surface area contributed by atoms with Crippen LogP contribution in [0.25, 0.3) is 11.1 Å². The van der Waals surface area contributed by atoms with Crippen molar-refractivity contribution in [3.05, 3.63) is 57.6 Å². The molecule has 0 spiro atoms. The summed E-state index contributed by atoms with van der Waals surface area (Å²) >= 11 is 3.31.